The normalized spacial score (nSPS) is 11.8. The van der Waals surface area contributed by atoms with Crippen molar-refractivity contribution in [3.63, 3.8) is 0 Å². The average molecular weight is 248 g/mol. The molecule has 1 aromatic rings. The first-order valence-electron chi connectivity index (χ1n) is 5.36. The summed E-state index contributed by atoms with van der Waals surface area (Å²) in [5, 5.41) is 0. The minimum atomic E-state index is -4.19. The van der Waals surface area contributed by atoms with Crippen LogP contribution in [0.25, 0.3) is 0 Å². The van der Waals surface area contributed by atoms with Gasteiger partial charge in [-0.2, -0.15) is 13.2 Å². The lowest BCUT2D eigenvalue weighted by Crippen LogP contribution is -2.01. The number of alkyl halides is 3. The van der Waals surface area contributed by atoms with Crippen molar-refractivity contribution in [2.75, 3.05) is 0 Å². The molecule has 4 heteroatoms. The van der Waals surface area contributed by atoms with E-state index in [2.05, 4.69) is 6.92 Å². The number of rotatable bonds is 5. The Kier molecular flexibility index (Phi) is 5.19. The predicted octanol–water partition coefficient (Wildman–Crippen LogP) is 5.03. The lowest BCUT2D eigenvalue weighted by Gasteiger charge is -2.10. The Labute approximate surface area is 98.2 Å². The van der Waals surface area contributed by atoms with Crippen LogP contribution in [-0.2, 0) is 6.42 Å². The van der Waals surface area contributed by atoms with Crippen LogP contribution in [0, 0.1) is 0 Å². The molecule has 1 rings (SSSR count). The summed E-state index contributed by atoms with van der Waals surface area (Å²) in [5.41, 5.74) is -3.39. The highest BCUT2D eigenvalue weighted by molar-refractivity contribution is 8.00. The smallest absolute Gasteiger partial charge is 0.160 e. The maximum atomic E-state index is 12.3. The summed E-state index contributed by atoms with van der Waals surface area (Å²) in [7, 11) is 0. The Morgan fingerprint density at radius 1 is 1.12 bits per heavy atom. The third-order valence-corrected chi connectivity index (χ3v) is 3.10. The van der Waals surface area contributed by atoms with E-state index in [9.17, 15) is 13.2 Å². The SMILES string of the molecule is CCCCCc1ccccc1SC(F)(F)F. The van der Waals surface area contributed by atoms with Crippen molar-refractivity contribution in [2.45, 2.75) is 43.0 Å². The van der Waals surface area contributed by atoms with Gasteiger partial charge in [0.15, 0.2) is 0 Å². The first kappa shape index (κ1) is 13.4. The van der Waals surface area contributed by atoms with Crippen molar-refractivity contribution in [3.05, 3.63) is 29.8 Å². The van der Waals surface area contributed by atoms with Crippen molar-refractivity contribution >= 4 is 11.8 Å². The molecule has 0 aliphatic carbocycles. The van der Waals surface area contributed by atoms with Gasteiger partial charge in [-0.3, -0.25) is 0 Å². The van der Waals surface area contributed by atoms with E-state index in [4.69, 9.17) is 0 Å². The lowest BCUT2D eigenvalue weighted by atomic mass is 10.1. The molecule has 0 radical (unpaired) electrons. The van der Waals surface area contributed by atoms with Crippen molar-refractivity contribution in [1.82, 2.24) is 0 Å². The molecule has 0 aliphatic heterocycles. The summed E-state index contributed by atoms with van der Waals surface area (Å²) in [6.45, 7) is 2.08. The highest BCUT2D eigenvalue weighted by Gasteiger charge is 2.30. The molecule has 0 spiro atoms. The first-order chi connectivity index (χ1) is 7.53. The monoisotopic (exact) mass is 248 g/mol. The Morgan fingerprint density at radius 3 is 2.44 bits per heavy atom. The second-order valence-electron chi connectivity index (χ2n) is 3.61. The molecule has 0 unspecified atom stereocenters. The fourth-order valence-electron chi connectivity index (χ4n) is 1.50. The second kappa shape index (κ2) is 6.18. The highest BCUT2D eigenvalue weighted by Crippen LogP contribution is 2.38. The zero-order valence-electron chi connectivity index (χ0n) is 9.18. The molecule has 90 valence electrons. The van der Waals surface area contributed by atoms with E-state index < -0.39 is 5.51 Å². The predicted molar refractivity (Wildman–Crippen MR) is 61.6 cm³/mol. The van der Waals surface area contributed by atoms with Crippen LogP contribution in [0.1, 0.15) is 31.7 Å². The number of benzene rings is 1. The fraction of sp³-hybridized carbons (Fsp3) is 0.500. The number of hydrogen-bond donors (Lipinski definition) is 0. The van der Waals surface area contributed by atoms with Crippen LogP contribution in [-0.4, -0.2) is 5.51 Å². The average Bonchev–Trinajstić information content (AvgIpc) is 2.19. The highest BCUT2D eigenvalue weighted by atomic mass is 32.2. The van der Waals surface area contributed by atoms with Crippen molar-refractivity contribution in [2.24, 2.45) is 0 Å². The second-order valence-corrected chi connectivity index (χ2v) is 4.72. The summed E-state index contributed by atoms with van der Waals surface area (Å²) < 4.78 is 36.8. The minimum absolute atomic E-state index is 0.0146. The van der Waals surface area contributed by atoms with Gasteiger partial charge in [-0.15, -0.1) is 0 Å². The molecule has 0 saturated carbocycles. The summed E-state index contributed by atoms with van der Waals surface area (Å²) in [6.07, 6.45) is 3.82. The molecule has 0 heterocycles. The summed E-state index contributed by atoms with van der Waals surface area (Å²) in [4.78, 5) is 0.339. The Hall–Kier alpha value is -0.640. The van der Waals surface area contributed by atoms with E-state index in [1.165, 1.54) is 0 Å². The maximum absolute atomic E-state index is 12.3. The molecular weight excluding hydrogens is 233 g/mol. The Morgan fingerprint density at radius 2 is 1.81 bits per heavy atom. The van der Waals surface area contributed by atoms with Gasteiger partial charge in [0.05, 0.1) is 0 Å². The zero-order chi connectivity index (χ0) is 12.0. The van der Waals surface area contributed by atoms with E-state index in [0.717, 1.165) is 31.2 Å². The van der Waals surface area contributed by atoms with E-state index >= 15 is 0 Å². The topological polar surface area (TPSA) is 0 Å². The zero-order valence-corrected chi connectivity index (χ0v) is 10.00. The molecule has 0 atom stereocenters. The molecule has 0 bridgehead atoms. The van der Waals surface area contributed by atoms with Crippen LogP contribution >= 0.6 is 11.8 Å². The van der Waals surface area contributed by atoms with Gasteiger partial charge in [0.1, 0.15) is 0 Å². The molecule has 0 fully saturated rings. The fourth-order valence-corrected chi connectivity index (χ4v) is 2.20. The van der Waals surface area contributed by atoms with Crippen LogP contribution < -0.4 is 0 Å². The number of hydrogen-bond acceptors (Lipinski definition) is 1. The molecule has 16 heavy (non-hydrogen) atoms. The molecule has 0 nitrogen and oxygen atoms in total. The van der Waals surface area contributed by atoms with E-state index in [1.54, 1.807) is 24.3 Å². The molecule has 1 aromatic carbocycles. The van der Waals surface area contributed by atoms with E-state index in [1.807, 2.05) is 0 Å². The van der Waals surface area contributed by atoms with Crippen LogP contribution in [0.3, 0.4) is 0 Å². The maximum Gasteiger partial charge on any atom is 0.446 e. The number of halogens is 3. The van der Waals surface area contributed by atoms with Gasteiger partial charge >= 0.3 is 5.51 Å². The number of thioether (sulfide) groups is 1. The van der Waals surface area contributed by atoms with Gasteiger partial charge in [0.25, 0.3) is 0 Å². The van der Waals surface area contributed by atoms with Gasteiger partial charge < -0.3 is 0 Å². The first-order valence-corrected chi connectivity index (χ1v) is 6.18. The van der Waals surface area contributed by atoms with E-state index in [0.29, 0.717) is 4.90 Å². The number of aryl methyl sites for hydroxylation is 1. The Bertz CT molecular complexity index is 320. The van der Waals surface area contributed by atoms with Crippen LogP contribution in [0.5, 0.6) is 0 Å². The summed E-state index contributed by atoms with van der Waals surface area (Å²) >= 11 is -0.0146. The largest absolute Gasteiger partial charge is 0.446 e. The molecule has 0 saturated heterocycles. The molecule has 0 N–H and O–H groups in total. The third kappa shape index (κ3) is 4.92. The third-order valence-electron chi connectivity index (χ3n) is 2.25. The Balaban J connectivity index is 2.68. The van der Waals surface area contributed by atoms with Crippen molar-refractivity contribution < 1.29 is 13.2 Å². The summed E-state index contributed by atoms with van der Waals surface area (Å²) in [5.74, 6) is 0. The van der Waals surface area contributed by atoms with Crippen LogP contribution in [0.2, 0.25) is 0 Å². The van der Waals surface area contributed by atoms with Gasteiger partial charge in [-0.05, 0) is 36.2 Å². The van der Waals surface area contributed by atoms with Crippen molar-refractivity contribution in [1.29, 1.82) is 0 Å². The molecule has 0 aliphatic rings. The van der Waals surface area contributed by atoms with Crippen LogP contribution in [0.4, 0.5) is 13.2 Å². The summed E-state index contributed by atoms with van der Waals surface area (Å²) in [6, 6.07) is 6.77. The molecular formula is C12H15F3S. The molecule has 0 aromatic heterocycles. The van der Waals surface area contributed by atoms with Gasteiger partial charge in [-0.25, -0.2) is 0 Å². The molecule has 0 amide bonds. The van der Waals surface area contributed by atoms with Gasteiger partial charge in [0.2, 0.25) is 0 Å². The lowest BCUT2D eigenvalue weighted by molar-refractivity contribution is -0.0328. The van der Waals surface area contributed by atoms with Crippen molar-refractivity contribution in [3.8, 4) is 0 Å². The van der Waals surface area contributed by atoms with Gasteiger partial charge in [-0.1, -0.05) is 38.0 Å². The quantitative estimate of drug-likeness (QED) is 0.520. The van der Waals surface area contributed by atoms with E-state index in [-0.39, 0.29) is 11.8 Å². The van der Waals surface area contributed by atoms with Crippen LogP contribution in [0.15, 0.2) is 29.2 Å². The van der Waals surface area contributed by atoms with Gasteiger partial charge in [0, 0.05) is 4.90 Å². The minimum Gasteiger partial charge on any atom is -0.160 e. The standard InChI is InChI=1S/C12H15F3S/c1-2-3-4-7-10-8-5-6-9-11(10)16-12(13,14)15/h5-6,8-9H,2-4,7H2,1H3. The number of unbranched alkanes of at least 4 members (excludes halogenated alkanes) is 2.